The molecule has 0 bridgehead atoms. The highest BCUT2D eigenvalue weighted by Crippen LogP contribution is 2.23. The molecule has 0 saturated heterocycles. The summed E-state index contributed by atoms with van der Waals surface area (Å²) in [7, 11) is 0. The van der Waals surface area contributed by atoms with Crippen LogP contribution >= 0.6 is 0 Å². The van der Waals surface area contributed by atoms with Gasteiger partial charge in [0.25, 0.3) is 11.8 Å². The number of halogens is 4. The third kappa shape index (κ3) is 4.82. The van der Waals surface area contributed by atoms with Crippen molar-refractivity contribution in [2.24, 2.45) is 0 Å². The maximum atomic E-state index is 13.4. The van der Waals surface area contributed by atoms with E-state index in [1.54, 1.807) is 24.3 Å². The number of nitrogens with one attached hydrogen (secondary N) is 2. The van der Waals surface area contributed by atoms with E-state index in [-0.39, 0.29) is 23.5 Å². The van der Waals surface area contributed by atoms with E-state index in [4.69, 9.17) is 4.52 Å². The summed E-state index contributed by atoms with van der Waals surface area (Å²) in [6, 6.07) is 11.3. The lowest BCUT2D eigenvalue weighted by molar-refractivity contribution is -0.128. The number of carbonyl (C=O) groups is 1. The maximum absolute atomic E-state index is 13.4. The van der Waals surface area contributed by atoms with Crippen LogP contribution < -0.4 is 10.9 Å². The zero-order valence-corrected chi connectivity index (χ0v) is 16.2. The molecule has 4 aromatic rings. The van der Waals surface area contributed by atoms with Crippen LogP contribution in [0.3, 0.4) is 0 Å². The molecule has 2 N–H and O–H groups in total. The second-order valence-electron chi connectivity index (χ2n) is 6.93. The number of nitrogens with zero attached hydrogens (tertiary/aromatic N) is 2. The normalized spacial score (nSPS) is 11.6. The molecule has 2 heterocycles. The number of aromatic nitrogens is 3. The average molecular weight is 446 g/mol. The molecule has 1 amide bonds. The Hall–Kier alpha value is -4.02. The third-order valence-electron chi connectivity index (χ3n) is 4.50. The molecule has 0 aliphatic carbocycles. The van der Waals surface area contributed by atoms with Gasteiger partial charge < -0.3 is 14.8 Å². The lowest BCUT2D eigenvalue weighted by atomic mass is 10.1. The number of benzene rings is 2. The Labute approximate surface area is 177 Å². The van der Waals surface area contributed by atoms with Crippen LogP contribution in [0, 0.1) is 5.82 Å². The standard InChI is InChI=1S/C21H14F4N4O3/c22-13-4-5-14-15(8-18(30)27-16(14)7-13)19(31)26-10-11-2-1-3-12(6-11)20-28-17(29-32-20)9-21(23,24)25/h1-8H,9-10H2,(H,26,31)(H,27,30). The predicted octanol–water partition coefficient (Wildman–Crippen LogP) is 3.75. The zero-order chi connectivity index (χ0) is 22.9. The summed E-state index contributed by atoms with van der Waals surface area (Å²) >= 11 is 0. The molecule has 2 aromatic heterocycles. The summed E-state index contributed by atoms with van der Waals surface area (Å²) in [5.74, 6) is -1.67. The SMILES string of the molecule is O=C(NCc1cccc(-c2nc(CC(F)(F)F)no2)c1)c1cc(=O)[nH]c2cc(F)ccc12. The fraction of sp³-hybridized carbons (Fsp3) is 0.143. The van der Waals surface area contributed by atoms with Gasteiger partial charge in [-0.15, -0.1) is 0 Å². The minimum Gasteiger partial charge on any atom is -0.348 e. The molecule has 2 aromatic carbocycles. The molecule has 0 radical (unpaired) electrons. The molecule has 7 nitrogen and oxygen atoms in total. The Bertz CT molecular complexity index is 1360. The number of carbonyl (C=O) groups excluding carboxylic acids is 1. The Kier molecular flexibility index (Phi) is 5.47. The maximum Gasteiger partial charge on any atom is 0.396 e. The highest BCUT2D eigenvalue weighted by molar-refractivity contribution is 6.05. The molecular formula is C21H14F4N4O3. The molecular weight excluding hydrogens is 432 g/mol. The van der Waals surface area contributed by atoms with Crippen LogP contribution in [0.2, 0.25) is 0 Å². The van der Waals surface area contributed by atoms with Gasteiger partial charge in [-0.25, -0.2) is 4.39 Å². The summed E-state index contributed by atoms with van der Waals surface area (Å²) in [6.07, 6.45) is -5.76. The van der Waals surface area contributed by atoms with E-state index in [1.807, 2.05) is 0 Å². The van der Waals surface area contributed by atoms with Gasteiger partial charge in [0.1, 0.15) is 12.2 Å². The number of pyridine rings is 1. The average Bonchev–Trinajstić information content (AvgIpc) is 3.18. The Balaban J connectivity index is 1.51. The van der Waals surface area contributed by atoms with Crippen LogP contribution in [0.4, 0.5) is 17.6 Å². The quantitative estimate of drug-likeness (QED) is 0.455. The first-order chi connectivity index (χ1) is 15.2. The van der Waals surface area contributed by atoms with Crippen LogP contribution in [0.15, 0.2) is 57.8 Å². The fourth-order valence-electron chi connectivity index (χ4n) is 3.13. The molecule has 0 aliphatic rings. The van der Waals surface area contributed by atoms with Crippen molar-refractivity contribution in [1.82, 2.24) is 20.4 Å². The molecule has 0 aliphatic heterocycles. The smallest absolute Gasteiger partial charge is 0.348 e. The van der Waals surface area contributed by atoms with Crippen LogP contribution in [0.25, 0.3) is 22.4 Å². The molecule has 4 rings (SSSR count). The van der Waals surface area contributed by atoms with Gasteiger partial charge in [0.2, 0.25) is 5.56 Å². The Morgan fingerprint density at radius 2 is 1.94 bits per heavy atom. The highest BCUT2D eigenvalue weighted by Gasteiger charge is 2.30. The summed E-state index contributed by atoms with van der Waals surface area (Å²) in [4.78, 5) is 30.7. The van der Waals surface area contributed by atoms with Crippen LogP contribution in [-0.4, -0.2) is 27.2 Å². The van der Waals surface area contributed by atoms with E-state index in [0.29, 0.717) is 16.5 Å². The van der Waals surface area contributed by atoms with Crippen molar-refractivity contribution in [3.63, 3.8) is 0 Å². The summed E-state index contributed by atoms with van der Waals surface area (Å²) in [6.45, 7) is 0.0473. The van der Waals surface area contributed by atoms with Gasteiger partial charge in [0.15, 0.2) is 5.82 Å². The lowest BCUT2D eigenvalue weighted by Crippen LogP contribution is -2.24. The molecule has 32 heavy (non-hydrogen) atoms. The van der Waals surface area contributed by atoms with Crippen molar-refractivity contribution in [2.45, 2.75) is 19.1 Å². The molecule has 11 heteroatoms. The monoisotopic (exact) mass is 446 g/mol. The van der Waals surface area contributed by atoms with Gasteiger partial charge in [-0.1, -0.05) is 17.3 Å². The van der Waals surface area contributed by atoms with Crippen molar-refractivity contribution in [2.75, 3.05) is 0 Å². The molecule has 0 unspecified atom stereocenters. The van der Waals surface area contributed by atoms with Crippen molar-refractivity contribution >= 4 is 16.8 Å². The first-order valence-electron chi connectivity index (χ1n) is 9.27. The Morgan fingerprint density at radius 3 is 2.72 bits per heavy atom. The van der Waals surface area contributed by atoms with E-state index in [0.717, 1.165) is 12.1 Å². The van der Waals surface area contributed by atoms with Crippen molar-refractivity contribution in [3.05, 3.63) is 81.7 Å². The van der Waals surface area contributed by atoms with Gasteiger partial charge in [-0.3, -0.25) is 9.59 Å². The van der Waals surface area contributed by atoms with Crippen molar-refractivity contribution in [3.8, 4) is 11.5 Å². The molecule has 0 spiro atoms. The lowest BCUT2D eigenvalue weighted by Gasteiger charge is -2.09. The second-order valence-corrected chi connectivity index (χ2v) is 6.93. The van der Waals surface area contributed by atoms with Gasteiger partial charge in [0, 0.05) is 23.6 Å². The highest BCUT2D eigenvalue weighted by atomic mass is 19.4. The predicted molar refractivity (Wildman–Crippen MR) is 105 cm³/mol. The topological polar surface area (TPSA) is 101 Å². The number of aromatic amines is 1. The number of rotatable bonds is 5. The minimum atomic E-state index is -4.46. The van der Waals surface area contributed by atoms with Crippen molar-refractivity contribution in [1.29, 1.82) is 0 Å². The molecule has 0 fully saturated rings. The summed E-state index contributed by atoms with van der Waals surface area (Å²) in [5.41, 5.74) is 0.701. The third-order valence-corrected chi connectivity index (χ3v) is 4.50. The van der Waals surface area contributed by atoms with E-state index in [9.17, 15) is 27.2 Å². The van der Waals surface area contributed by atoms with Crippen molar-refractivity contribution < 1.29 is 26.9 Å². The molecule has 0 atom stereocenters. The largest absolute Gasteiger partial charge is 0.396 e. The minimum absolute atomic E-state index is 0.0473. The van der Waals surface area contributed by atoms with Gasteiger partial charge in [0.05, 0.1) is 11.1 Å². The van der Waals surface area contributed by atoms with E-state index < -0.39 is 35.7 Å². The Morgan fingerprint density at radius 1 is 1.12 bits per heavy atom. The van der Waals surface area contributed by atoms with Crippen LogP contribution in [0.5, 0.6) is 0 Å². The van der Waals surface area contributed by atoms with Crippen LogP contribution in [0.1, 0.15) is 21.7 Å². The fourth-order valence-corrected chi connectivity index (χ4v) is 3.13. The summed E-state index contributed by atoms with van der Waals surface area (Å²) < 4.78 is 55.8. The first-order valence-corrected chi connectivity index (χ1v) is 9.27. The zero-order valence-electron chi connectivity index (χ0n) is 16.2. The number of H-pyrrole nitrogens is 1. The van der Waals surface area contributed by atoms with Gasteiger partial charge in [-0.05, 0) is 35.9 Å². The number of amides is 1. The first kappa shape index (κ1) is 21.2. The molecule has 0 saturated carbocycles. The molecule has 164 valence electrons. The number of hydrogen-bond donors (Lipinski definition) is 2. The number of hydrogen-bond acceptors (Lipinski definition) is 5. The summed E-state index contributed by atoms with van der Waals surface area (Å²) in [5, 5.41) is 6.37. The van der Waals surface area contributed by atoms with E-state index in [1.165, 1.54) is 12.1 Å². The van der Waals surface area contributed by atoms with Gasteiger partial charge in [-0.2, -0.15) is 18.2 Å². The number of alkyl halides is 3. The number of fused-ring (bicyclic) bond motifs is 1. The van der Waals surface area contributed by atoms with Gasteiger partial charge >= 0.3 is 6.18 Å². The second kappa shape index (κ2) is 8.25. The van der Waals surface area contributed by atoms with E-state index >= 15 is 0 Å². The van der Waals surface area contributed by atoms with Crippen LogP contribution in [-0.2, 0) is 13.0 Å². The van der Waals surface area contributed by atoms with E-state index in [2.05, 4.69) is 20.4 Å².